The summed E-state index contributed by atoms with van der Waals surface area (Å²) in [7, 11) is 1.67. The third-order valence-corrected chi connectivity index (χ3v) is 4.59. The zero-order valence-electron chi connectivity index (χ0n) is 11.1. The van der Waals surface area contributed by atoms with Crippen molar-refractivity contribution in [1.29, 1.82) is 0 Å². The molecule has 0 amide bonds. The largest absolute Gasteiger partial charge is 0.497 e. The molecule has 6 heteroatoms. The fourth-order valence-corrected chi connectivity index (χ4v) is 3.57. The fraction of sp³-hybridized carbons (Fsp3) is 0.286. The molecular formula is C14H14N4OS. The molecule has 5 nitrogen and oxygen atoms in total. The number of benzene rings is 1. The third-order valence-electron chi connectivity index (χ3n) is 3.52. The normalized spacial score (nSPS) is 14.4. The number of hydrogen-bond acceptors (Lipinski definition) is 5. The molecule has 20 heavy (non-hydrogen) atoms. The van der Waals surface area contributed by atoms with Gasteiger partial charge in [0, 0.05) is 30.0 Å². The monoisotopic (exact) mass is 286 g/mol. The summed E-state index contributed by atoms with van der Waals surface area (Å²) in [5.41, 5.74) is 2.29. The first-order valence-corrected chi connectivity index (χ1v) is 7.39. The maximum Gasteiger partial charge on any atom is 0.213 e. The quantitative estimate of drug-likeness (QED) is 0.784. The summed E-state index contributed by atoms with van der Waals surface area (Å²) < 4.78 is 7.25. The highest BCUT2D eigenvalue weighted by Crippen LogP contribution is 2.28. The van der Waals surface area contributed by atoms with E-state index in [2.05, 4.69) is 15.4 Å². The number of nitrogens with one attached hydrogen (secondary N) is 1. The summed E-state index contributed by atoms with van der Waals surface area (Å²) in [6, 6.07) is 7.86. The molecule has 102 valence electrons. The Morgan fingerprint density at radius 3 is 3.25 bits per heavy atom. The number of fused-ring (bicyclic) bond motifs is 3. The summed E-state index contributed by atoms with van der Waals surface area (Å²) in [6.45, 7) is 1.94. The van der Waals surface area contributed by atoms with Gasteiger partial charge in [-0.05, 0) is 12.1 Å². The molecule has 0 atom stereocenters. The maximum atomic E-state index is 5.25. The van der Waals surface area contributed by atoms with Gasteiger partial charge in [0.1, 0.15) is 5.75 Å². The van der Waals surface area contributed by atoms with Crippen LogP contribution in [0.25, 0.3) is 16.3 Å². The van der Waals surface area contributed by atoms with E-state index < -0.39 is 0 Å². The predicted octanol–water partition coefficient (Wildman–Crippen LogP) is 2.11. The Bertz CT molecular complexity index is 777. The zero-order chi connectivity index (χ0) is 13.5. The minimum atomic E-state index is 0.761. The second-order valence-corrected chi connectivity index (χ2v) is 5.82. The van der Waals surface area contributed by atoms with Crippen molar-refractivity contribution in [3.8, 4) is 17.1 Å². The molecule has 1 aromatic carbocycles. The molecule has 1 N–H and O–H groups in total. The third kappa shape index (κ3) is 1.80. The molecule has 0 saturated carbocycles. The van der Waals surface area contributed by atoms with E-state index in [0.717, 1.165) is 41.6 Å². The molecule has 1 aliphatic rings. The summed E-state index contributed by atoms with van der Waals surface area (Å²) in [5, 5.41) is 8.04. The lowest BCUT2D eigenvalue weighted by atomic mass is 10.2. The molecular weight excluding hydrogens is 272 g/mol. The average molecular weight is 286 g/mol. The van der Waals surface area contributed by atoms with Gasteiger partial charge in [-0.2, -0.15) is 4.98 Å². The molecule has 1 aliphatic heterocycles. The van der Waals surface area contributed by atoms with Crippen molar-refractivity contribution in [2.75, 3.05) is 13.7 Å². The SMILES string of the molecule is COc1cccc(-c2nc3sc4c(n3n2)CCNC4)c1. The van der Waals surface area contributed by atoms with Crippen molar-refractivity contribution in [1.82, 2.24) is 19.9 Å². The van der Waals surface area contributed by atoms with Crippen molar-refractivity contribution in [2.45, 2.75) is 13.0 Å². The van der Waals surface area contributed by atoms with E-state index in [1.54, 1.807) is 18.4 Å². The van der Waals surface area contributed by atoms with E-state index in [-0.39, 0.29) is 0 Å². The van der Waals surface area contributed by atoms with E-state index in [1.807, 2.05) is 28.8 Å². The van der Waals surface area contributed by atoms with Crippen molar-refractivity contribution < 1.29 is 4.74 Å². The number of methoxy groups -OCH3 is 1. The van der Waals surface area contributed by atoms with E-state index in [4.69, 9.17) is 4.74 Å². The maximum absolute atomic E-state index is 5.25. The fourth-order valence-electron chi connectivity index (χ4n) is 2.50. The Hall–Kier alpha value is -1.92. The molecule has 0 radical (unpaired) electrons. The molecule has 0 fully saturated rings. The Morgan fingerprint density at radius 2 is 2.35 bits per heavy atom. The first kappa shape index (κ1) is 11.9. The summed E-state index contributed by atoms with van der Waals surface area (Å²) in [4.78, 5) is 6.97. The molecule has 2 aromatic heterocycles. The van der Waals surface area contributed by atoms with Gasteiger partial charge in [0.25, 0.3) is 0 Å². The van der Waals surface area contributed by atoms with Crippen LogP contribution in [0.3, 0.4) is 0 Å². The number of rotatable bonds is 2. The highest BCUT2D eigenvalue weighted by atomic mass is 32.1. The molecule has 3 heterocycles. The number of hydrogen-bond donors (Lipinski definition) is 1. The minimum absolute atomic E-state index is 0.761. The van der Waals surface area contributed by atoms with E-state index >= 15 is 0 Å². The van der Waals surface area contributed by atoms with Gasteiger partial charge < -0.3 is 10.1 Å². The Kier molecular flexibility index (Phi) is 2.71. The number of aromatic nitrogens is 3. The minimum Gasteiger partial charge on any atom is -0.497 e. The topological polar surface area (TPSA) is 51.5 Å². The molecule has 0 saturated heterocycles. The van der Waals surface area contributed by atoms with Gasteiger partial charge in [-0.15, -0.1) is 5.10 Å². The van der Waals surface area contributed by atoms with Gasteiger partial charge in [0.2, 0.25) is 4.96 Å². The lowest BCUT2D eigenvalue weighted by Gasteiger charge is -2.11. The molecule has 4 rings (SSSR count). The molecule has 0 aliphatic carbocycles. The Balaban J connectivity index is 1.82. The first-order valence-electron chi connectivity index (χ1n) is 6.57. The molecule has 0 spiro atoms. The predicted molar refractivity (Wildman–Crippen MR) is 78.3 cm³/mol. The zero-order valence-corrected chi connectivity index (χ0v) is 11.9. The van der Waals surface area contributed by atoms with Crippen LogP contribution in [-0.2, 0) is 13.0 Å². The lowest BCUT2D eigenvalue weighted by Crippen LogP contribution is -2.23. The van der Waals surface area contributed by atoms with Gasteiger partial charge in [0.05, 0.1) is 12.8 Å². The Labute approximate surface area is 120 Å². The Morgan fingerprint density at radius 1 is 1.40 bits per heavy atom. The van der Waals surface area contributed by atoms with E-state index in [9.17, 15) is 0 Å². The van der Waals surface area contributed by atoms with Crippen LogP contribution in [0.15, 0.2) is 24.3 Å². The van der Waals surface area contributed by atoms with E-state index in [1.165, 1.54) is 10.6 Å². The number of thiazole rings is 1. The van der Waals surface area contributed by atoms with Crippen LogP contribution in [0.1, 0.15) is 10.6 Å². The first-order chi connectivity index (χ1) is 9.85. The summed E-state index contributed by atoms with van der Waals surface area (Å²) >= 11 is 1.72. The molecule has 3 aromatic rings. The van der Waals surface area contributed by atoms with Gasteiger partial charge in [-0.25, -0.2) is 4.52 Å². The van der Waals surface area contributed by atoms with Crippen LogP contribution in [0.2, 0.25) is 0 Å². The highest BCUT2D eigenvalue weighted by molar-refractivity contribution is 7.17. The number of ether oxygens (including phenoxy) is 1. The van der Waals surface area contributed by atoms with Crippen LogP contribution in [0.5, 0.6) is 5.75 Å². The molecule has 0 unspecified atom stereocenters. The summed E-state index contributed by atoms with van der Waals surface area (Å²) in [5.74, 6) is 1.59. The lowest BCUT2D eigenvalue weighted by molar-refractivity contribution is 0.415. The van der Waals surface area contributed by atoms with Crippen molar-refractivity contribution in [2.24, 2.45) is 0 Å². The van der Waals surface area contributed by atoms with Gasteiger partial charge in [0.15, 0.2) is 5.82 Å². The summed E-state index contributed by atoms with van der Waals surface area (Å²) in [6.07, 6.45) is 1.01. The van der Waals surface area contributed by atoms with Gasteiger partial charge in [-0.1, -0.05) is 23.5 Å². The van der Waals surface area contributed by atoms with Crippen LogP contribution in [0.4, 0.5) is 0 Å². The van der Waals surface area contributed by atoms with E-state index in [0.29, 0.717) is 0 Å². The van der Waals surface area contributed by atoms with Crippen molar-refractivity contribution >= 4 is 16.3 Å². The van der Waals surface area contributed by atoms with Crippen molar-refractivity contribution in [3.05, 3.63) is 34.8 Å². The second-order valence-electron chi connectivity index (χ2n) is 4.76. The smallest absolute Gasteiger partial charge is 0.213 e. The van der Waals surface area contributed by atoms with Crippen LogP contribution < -0.4 is 10.1 Å². The van der Waals surface area contributed by atoms with Gasteiger partial charge in [-0.3, -0.25) is 0 Å². The molecule has 0 bridgehead atoms. The van der Waals surface area contributed by atoms with Crippen LogP contribution >= 0.6 is 11.3 Å². The standard InChI is InChI=1S/C14H14N4OS/c1-19-10-4-2-3-9(7-10)13-16-14-18(17-13)11-5-6-15-8-12(11)20-14/h2-4,7,15H,5-6,8H2,1H3. The van der Waals surface area contributed by atoms with Crippen LogP contribution in [-0.4, -0.2) is 28.3 Å². The highest BCUT2D eigenvalue weighted by Gasteiger charge is 2.19. The van der Waals surface area contributed by atoms with Crippen LogP contribution in [0, 0.1) is 0 Å². The average Bonchev–Trinajstić information content (AvgIpc) is 3.05. The second kappa shape index (κ2) is 4.57. The van der Waals surface area contributed by atoms with Gasteiger partial charge >= 0.3 is 0 Å². The van der Waals surface area contributed by atoms with Crippen molar-refractivity contribution in [3.63, 3.8) is 0 Å². The number of nitrogens with zero attached hydrogens (tertiary/aromatic N) is 3.